The third kappa shape index (κ3) is 4.08. The molecule has 0 fully saturated rings. The molecule has 9 nitrogen and oxygen atoms in total. The molecule has 5 N–H and O–H groups in total. The number of carbonyl (C=O) groups is 1. The molecule has 2 heterocycles. The summed E-state index contributed by atoms with van der Waals surface area (Å²) in [5.74, 6) is 0.970. The van der Waals surface area contributed by atoms with Gasteiger partial charge < -0.3 is 21.5 Å². The third-order valence-corrected chi connectivity index (χ3v) is 5.99. The van der Waals surface area contributed by atoms with Crippen molar-refractivity contribution in [3.8, 4) is 23.0 Å². The lowest BCUT2D eigenvalue weighted by atomic mass is 9.90. The van der Waals surface area contributed by atoms with E-state index in [0.717, 1.165) is 46.5 Å². The van der Waals surface area contributed by atoms with Crippen molar-refractivity contribution >= 4 is 11.7 Å². The summed E-state index contributed by atoms with van der Waals surface area (Å²) in [7, 11) is 1.66. The smallest absolute Gasteiger partial charge is 0.256 e. The second-order valence-electron chi connectivity index (χ2n) is 8.14. The molecule has 0 aliphatic heterocycles. The molecule has 4 aromatic rings. The number of nitrogen functional groups attached to an aromatic ring is 1. The number of fused-ring (bicyclic) bond motifs is 3. The number of hydrogen-bond acceptors (Lipinski definition) is 7. The van der Waals surface area contributed by atoms with Crippen LogP contribution < -0.4 is 21.5 Å². The van der Waals surface area contributed by atoms with Gasteiger partial charge in [0.15, 0.2) is 5.82 Å². The second-order valence-corrected chi connectivity index (χ2v) is 8.14. The summed E-state index contributed by atoms with van der Waals surface area (Å²) in [6, 6.07) is 13.7. The van der Waals surface area contributed by atoms with Gasteiger partial charge in [0, 0.05) is 31.0 Å². The van der Waals surface area contributed by atoms with E-state index in [1.807, 2.05) is 48.7 Å². The summed E-state index contributed by atoms with van der Waals surface area (Å²) in [6.45, 7) is 0.844. The number of nitrogens with two attached hydrogens (primary N) is 2. The van der Waals surface area contributed by atoms with Crippen molar-refractivity contribution < 1.29 is 9.53 Å². The van der Waals surface area contributed by atoms with Crippen LogP contribution in [0.25, 0.3) is 17.2 Å². The number of methoxy groups -OCH3 is 1. The molecule has 2 aromatic carbocycles. The van der Waals surface area contributed by atoms with Crippen LogP contribution in [0, 0.1) is 0 Å². The van der Waals surface area contributed by atoms with Gasteiger partial charge in [-0.1, -0.05) is 24.3 Å². The number of ether oxygens (including phenoxy) is 1. The predicted octanol–water partition coefficient (Wildman–Crippen LogP) is 2.41. The van der Waals surface area contributed by atoms with Gasteiger partial charge in [0.25, 0.3) is 11.9 Å². The van der Waals surface area contributed by atoms with E-state index in [9.17, 15) is 4.79 Å². The Balaban J connectivity index is 1.37. The minimum Gasteiger partial charge on any atom is -0.497 e. The fourth-order valence-corrected chi connectivity index (χ4v) is 4.06. The number of aromatic nitrogens is 4. The molecular formula is C25H25N7O2. The number of hydrogen-bond donors (Lipinski definition) is 3. The van der Waals surface area contributed by atoms with E-state index < -0.39 is 0 Å². The molecule has 1 aliphatic carbocycles. The minimum atomic E-state index is -0.318. The van der Waals surface area contributed by atoms with E-state index in [-0.39, 0.29) is 17.3 Å². The Morgan fingerprint density at radius 2 is 1.88 bits per heavy atom. The predicted molar refractivity (Wildman–Crippen MR) is 128 cm³/mol. The summed E-state index contributed by atoms with van der Waals surface area (Å²) in [5.41, 5.74) is 18.1. The Morgan fingerprint density at radius 3 is 2.65 bits per heavy atom. The van der Waals surface area contributed by atoms with Crippen LogP contribution >= 0.6 is 0 Å². The van der Waals surface area contributed by atoms with Crippen LogP contribution in [0.4, 0.5) is 5.82 Å². The maximum absolute atomic E-state index is 12.7. The third-order valence-electron chi connectivity index (χ3n) is 5.99. The first-order chi connectivity index (χ1) is 16.6. The van der Waals surface area contributed by atoms with Crippen molar-refractivity contribution in [2.24, 2.45) is 5.73 Å². The average Bonchev–Trinajstić information content (AvgIpc) is 3.28. The van der Waals surface area contributed by atoms with Crippen LogP contribution in [0.15, 0.2) is 54.9 Å². The number of nitrogens with one attached hydrogen (secondary N) is 1. The molecular weight excluding hydrogens is 430 g/mol. The van der Waals surface area contributed by atoms with Crippen molar-refractivity contribution in [1.29, 1.82) is 0 Å². The zero-order valence-corrected chi connectivity index (χ0v) is 18.8. The Labute approximate surface area is 196 Å². The lowest BCUT2D eigenvalue weighted by Crippen LogP contribution is -2.23. The Kier molecular flexibility index (Phi) is 5.69. The minimum absolute atomic E-state index is 0.113. The van der Waals surface area contributed by atoms with Gasteiger partial charge in [0.05, 0.1) is 12.8 Å². The van der Waals surface area contributed by atoms with Gasteiger partial charge in [0.1, 0.15) is 11.3 Å². The number of anilines is 1. The molecule has 0 saturated heterocycles. The van der Waals surface area contributed by atoms with Crippen molar-refractivity contribution in [2.75, 3.05) is 12.8 Å². The molecule has 0 unspecified atom stereocenters. The Hall–Kier alpha value is -4.24. The first-order valence-electron chi connectivity index (χ1n) is 11.0. The van der Waals surface area contributed by atoms with Gasteiger partial charge in [-0.3, -0.25) is 4.79 Å². The fraction of sp³-hybridized carbons (Fsp3) is 0.200. The summed E-state index contributed by atoms with van der Waals surface area (Å²) in [6.07, 6.45) is 5.11. The standard InChI is InChI=1S/C25H25N7O2/c1-34-19-8-9-20-17(10-19)6-7-18-13-29-25(30-22(18)20)32-14-21(23(27)31-32)24(33)28-12-16-4-2-15(11-26)3-5-16/h2-5,8-10,13-14H,6-7,11-12,26H2,1H3,(H2,27,31)(H,28,33). The molecule has 5 rings (SSSR count). The second kappa shape index (κ2) is 8.95. The zero-order valence-electron chi connectivity index (χ0n) is 18.8. The molecule has 172 valence electrons. The highest BCUT2D eigenvalue weighted by atomic mass is 16.5. The van der Waals surface area contributed by atoms with E-state index in [1.165, 1.54) is 10.2 Å². The largest absolute Gasteiger partial charge is 0.497 e. The SMILES string of the molecule is COc1ccc2c(c1)CCc1cnc(-n3cc(C(=O)NCc4ccc(CN)cc4)c(N)n3)nc1-2. The van der Waals surface area contributed by atoms with Crippen molar-refractivity contribution in [3.05, 3.63) is 82.7 Å². The first-order valence-corrected chi connectivity index (χ1v) is 11.0. The summed E-state index contributed by atoms with van der Waals surface area (Å²) < 4.78 is 6.80. The van der Waals surface area contributed by atoms with Crippen molar-refractivity contribution in [3.63, 3.8) is 0 Å². The summed E-state index contributed by atoms with van der Waals surface area (Å²) in [4.78, 5) is 22.0. The molecule has 9 heteroatoms. The number of nitrogens with zero attached hydrogens (tertiary/aromatic N) is 4. The maximum Gasteiger partial charge on any atom is 0.256 e. The van der Waals surface area contributed by atoms with E-state index in [2.05, 4.69) is 15.4 Å². The van der Waals surface area contributed by atoms with Gasteiger partial charge >= 0.3 is 0 Å². The molecule has 1 amide bonds. The van der Waals surface area contributed by atoms with Gasteiger partial charge in [-0.2, -0.15) is 0 Å². The van der Waals surface area contributed by atoms with Gasteiger partial charge in [-0.15, -0.1) is 5.10 Å². The topological polar surface area (TPSA) is 134 Å². The molecule has 0 atom stereocenters. The number of benzene rings is 2. The summed E-state index contributed by atoms with van der Waals surface area (Å²) >= 11 is 0. The van der Waals surface area contributed by atoms with Crippen LogP contribution in [0.1, 0.15) is 32.6 Å². The van der Waals surface area contributed by atoms with Crippen LogP contribution in [-0.2, 0) is 25.9 Å². The van der Waals surface area contributed by atoms with Crippen LogP contribution in [0.5, 0.6) is 5.75 Å². The van der Waals surface area contributed by atoms with Crippen LogP contribution in [0.3, 0.4) is 0 Å². The lowest BCUT2D eigenvalue weighted by molar-refractivity contribution is 0.0951. The average molecular weight is 456 g/mol. The van der Waals surface area contributed by atoms with E-state index in [1.54, 1.807) is 13.3 Å². The van der Waals surface area contributed by atoms with E-state index in [4.69, 9.17) is 21.2 Å². The highest BCUT2D eigenvalue weighted by Gasteiger charge is 2.21. The lowest BCUT2D eigenvalue weighted by Gasteiger charge is -2.19. The molecule has 0 spiro atoms. The number of amides is 1. The maximum atomic E-state index is 12.7. The molecule has 2 aromatic heterocycles. The number of aryl methyl sites for hydroxylation is 2. The molecule has 34 heavy (non-hydrogen) atoms. The molecule has 0 saturated carbocycles. The van der Waals surface area contributed by atoms with Gasteiger partial charge in [-0.05, 0) is 53.3 Å². The van der Waals surface area contributed by atoms with E-state index >= 15 is 0 Å². The highest BCUT2D eigenvalue weighted by molar-refractivity contribution is 5.98. The quantitative estimate of drug-likeness (QED) is 0.406. The van der Waals surface area contributed by atoms with Crippen LogP contribution in [0.2, 0.25) is 0 Å². The van der Waals surface area contributed by atoms with Crippen molar-refractivity contribution in [1.82, 2.24) is 25.1 Å². The number of carbonyl (C=O) groups excluding carboxylic acids is 1. The normalized spacial score (nSPS) is 12.1. The van der Waals surface area contributed by atoms with Crippen molar-refractivity contribution in [2.45, 2.75) is 25.9 Å². The molecule has 1 aliphatic rings. The Morgan fingerprint density at radius 1 is 1.12 bits per heavy atom. The fourth-order valence-electron chi connectivity index (χ4n) is 4.06. The monoisotopic (exact) mass is 455 g/mol. The molecule has 0 radical (unpaired) electrons. The van der Waals surface area contributed by atoms with Gasteiger partial charge in [0.2, 0.25) is 0 Å². The number of rotatable bonds is 6. The first kappa shape index (κ1) is 21.6. The zero-order chi connectivity index (χ0) is 23.7. The highest BCUT2D eigenvalue weighted by Crippen LogP contribution is 2.34. The van der Waals surface area contributed by atoms with Gasteiger partial charge in [-0.25, -0.2) is 14.6 Å². The Bertz CT molecular complexity index is 1360. The summed E-state index contributed by atoms with van der Waals surface area (Å²) in [5, 5.41) is 7.16. The van der Waals surface area contributed by atoms with Crippen LogP contribution in [-0.4, -0.2) is 32.8 Å². The molecule has 0 bridgehead atoms. The van der Waals surface area contributed by atoms with E-state index in [0.29, 0.717) is 19.0 Å².